The average Bonchev–Trinajstić information content (AvgIpc) is 2.70. The molecule has 144 valence electrons. The molecular formula is C23H28O4. The van der Waals surface area contributed by atoms with Crippen LogP contribution in [0.2, 0.25) is 0 Å². The van der Waals surface area contributed by atoms with Gasteiger partial charge in [-0.15, -0.1) is 0 Å². The van der Waals surface area contributed by atoms with Gasteiger partial charge in [0.25, 0.3) is 0 Å². The summed E-state index contributed by atoms with van der Waals surface area (Å²) in [6, 6.07) is 20.1. The van der Waals surface area contributed by atoms with Crippen molar-refractivity contribution in [2.24, 2.45) is 11.8 Å². The van der Waals surface area contributed by atoms with E-state index in [1.54, 1.807) is 0 Å². The van der Waals surface area contributed by atoms with Gasteiger partial charge in [-0.1, -0.05) is 67.6 Å². The van der Waals surface area contributed by atoms with Gasteiger partial charge in [0, 0.05) is 12.3 Å². The number of esters is 1. The first-order valence-corrected chi connectivity index (χ1v) is 9.63. The van der Waals surface area contributed by atoms with Gasteiger partial charge < -0.3 is 14.2 Å². The van der Waals surface area contributed by atoms with E-state index in [1.807, 2.05) is 67.6 Å². The van der Waals surface area contributed by atoms with Gasteiger partial charge in [-0.3, -0.25) is 4.79 Å². The highest BCUT2D eigenvalue weighted by Crippen LogP contribution is 2.31. The summed E-state index contributed by atoms with van der Waals surface area (Å²) in [5.74, 6) is -0.314. The van der Waals surface area contributed by atoms with Crippen LogP contribution in [0.3, 0.4) is 0 Å². The standard InChI is InChI=1S/C23H28O4/c1-17-21(13-14-25-15-19-9-5-3-6-10-19)27-23(24)18(2)22(17)26-16-20-11-7-4-8-12-20/h3-12,17-18,21-22H,13-16H2,1-2H3/t17-,18-,21+,22-/m0/s1. The Bertz CT molecular complexity index is 701. The summed E-state index contributed by atoms with van der Waals surface area (Å²) >= 11 is 0. The van der Waals surface area contributed by atoms with Crippen LogP contribution in [-0.4, -0.2) is 24.8 Å². The predicted molar refractivity (Wildman–Crippen MR) is 104 cm³/mol. The molecule has 4 heteroatoms. The molecule has 2 aromatic carbocycles. The van der Waals surface area contributed by atoms with Crippen LogP contribution in [-0.2, 0) is 32.2 Å². The first kappa shape index (κ1) is 19.6. The van der Waals surface area contributed by atoms with Crippen LogP contribution < -0.4 is 0 Å². The SMILES string of the molecule is C[C@@H]1[C@H](OCc2ccccc2)[C@H](C)C(=O)O[C@@H]1CCOCc1ccccc1. The minimum Gasteiger partial charge on any atom is -0.462 e. The molecular weight excluding hydrogens is 340 g/mol. The summed E-state index contributed by atoms with van der Waals surface area (Å²) in [4.78, 5) is 12.3. The number of carbonyl (C=O) groups is 1. The van der Waals surface area contributed by atoms with E-state index in [-0.39, 0.29) is 30.0 Å². The minimum absolute atomic E-state index is 0.127. The van der Waals surface area contributed by atoms with Crippen molar-refractivity contribution in [2.45, 2.75) is 45.7 Å². The second-order valence-electron chi connectivity index (χ2n) is 7.21. The van der Waals surface area contributed by atoms with Crippen LogP contribution in [0.15, 0.2) is 60.7 Å². The maximum Gasteiger partial charge on any atom is 0.311 e. The molecule has 1 aliphatic rings. The highest BCUT2D eigenvalue weighted by Gasteiger charge is 2.41. The largest absolute Gasteiger partial charge is 0.462 e. The molecule has 0 saturated carbocycles. The summed E-state index contributed by atoms with van der Waals surface area (Å²) in [7, 11) is 0. The molecule has 0 spiro atoms. The Balaban J connectivity index is 1.50. The number of benzene rings is 2. The molecule has 0 aliphatic carbocycles. The van der Waals surface area contributed by atoms with Crippen molar-refractivity contribution in [3.63, 3.8) is 0 Å². The molecule has 0 bridgehead atoms. The number of carbonyl (C=O) groups excluding carboxylic acids is 1. The normalized spacial score (nSPS) is 25.2. The third kappa shape index (κ3) is 5.41. The van der Waals surface area contributed by atoms with Gasteiger partial charge in [0.05, 0.1) is 31.8 Å². The average molecular weight is 368 g/mol. The van der Waals surface area contributed by atoms with E-state index < -0.39 is 0 Å². The van der Waals surface area contributed by atoms with E-state index >= 15 is 0 Å². The molecule has 0 aromatic heterocycles. The third-order valence-corrected chi connectivity index (χ3v) is 5.18. The lowest BCUT2D eigenvalue weighted by molar-refractivity contribution is -0.186. The highest BCUT2D eigenvalue weighted by atomic mass is 16.6. The van der Waals surface area contributed by atoms with Gasteiger partial charge >= 0.3 is 5.97 Å². The Labute approximate surface area is 161 Å². The van der Waals surface area contributed by atoms with Crippen LogP contribution >= 0.6 is 0 Å². The quantitative estimate of drug-likeness (QED) is 0.512. The molecule has 1 heterocycles. The van der Waals surface area contributed by atoms with Crippen molar-refractivity contribution in [3.8, 4) is 0 Å². The molecule has 4 atom stereocenters. The highest BCUT2D eigenvalue weighted by molar-refractivity contribution is 5.73. The fraction of sp³-hybridized carbons (Fsp3) is 0.435. The first-order valence-electron chi connectivity index (χ1n) is 9.63. The second-order valence-corrected chi connectivity index (χ2v) is 7.21. The molecule has 1 aliphatic heterocycles. The molecule has 27 heavy (non-hydrogen) atoms. The van der Waals surface area contributed by atoms with Gasteiger partial charge in [0.15, 0.2) is 0 Å². The van der Waals surface area contributed by atoms with E-state index in [4.69, 9.17) is 14.2 Å². The van der Waals surface area contributed by atoms with Gasteiger partial charge in [-0.05, 0) is 18.1 Å². The van der Waals surface area contributed by atoms with Gasteiger partial charge in [0.2, 0.25) is 0 Å². The van der Waals surface area contributed by atoms with Gasteiger partial charge in [0.1, 0.15) is 6.10 Å². The summed E-state index contributed by atoms with van der Waals surface area (Å²) in [5.41, 5.74) is 2.25. The molecule has 3 rings (SSSR count). The van der Waals surface area contributed by atoms with Crippen molar-refractivity contribution in [1.82, 2.24) is 0 Å². The zero-order valence-corrected chi connectivity index (χ0v) is 16.0. The van der Waals surface area contributed by atoms with Crippen molar-refractivity contribution in [2.75, 3.05) is 6.61 Å². The van der Waals surface area contributed by atoms with Gasteiger partial charge in [-0.2, -0.15) is 0 Å². The van der Waals surface area contributed by atoms with Crippen LogP contribution in [0.25, 0.3) is 0 Å². The summed E-state index contributed by atoms with van der Waals surface area (Å²) in [5, 5.41) is 0. The molecule has 1 saturated heterocycles. The fourth-order valence-corrected chi connectivity index (χ4v) is 3.51. The Morgan fingerprint density at radius 1 is 0.889 bits per heavy atom. The molecule has 0 radical (unpaired) electrons. The number of hydrogen-bond acceptors (Lipinski definition) is 4. The smallest absolute Gasteiger partial charge is 0.311 e. The Kier molecular flexibility index (Phi) is 7.02. The molecule has 2 aromatic rings. The fourth-order valence-electron chi connectivity index (χ4n) is 3.51. The second kappa shape index (κ2) is 9.67. The van der Waals surface area contributed by atoms with Crippen molar-refractivity contribution in [3.05, 3.63) is 71.8 Å². The minimum atomic E-state index is -0.259. The molecule has 0 N–H and O–H groups in total. The first-order chi connectivity index (χ1) is 13.1. The Morgan fingerprint density at radius 2 is 1.48 bits per heavy atom. The number of hydrogen-bond donors (Lipinski definition) is 0. The number of rotatable bonds is 8. The molecule has 0 amide bonds. The van der Waals surface area contributed by atoms with Crippen molar-refractivity contribution < 1.29 is 19.0 Å². The lowest BCUT2D eigenvalue weighted by atomic mass is 9.85. The molecule has 4 nitrogen and oxygen atoms in total. The van der Waals surface area contributed by atoms with Crippen LogP contribution in [0.4, 0.5) is 0 Å². The van der Waals surface area contributed by atoms with E-state index in [9.17, 15) is 4.79 Å². The zero-order chi connectivity index (χ0) is 19.1. The lowest BCUT2D eigenvalue weighted by Crippen LogP contribution is -2.48. The van der Waals surface area contributed by atoms with Crippen LogP contribution in [0.5, 0.6) is 0 Å². The van der Waals surface area contributed by atoms with E-state index in [1.165, 1.54) is 0 Å². The van der Waals surface area contributed by atoms with Crippen molar-refractivity contribution in [1.29, 1.82) is 0 Å². The van der Waals surface area contributed by atoms with E-state index in [0.29, 0.717) is 26.2 Å². The Hall–Kier alpha value is -2.17. The maximum atomic E-state index is 12.3. The maximum absolute atomic E-state index is 12.3. The molecule has 0 unspecified atom stereocenters. The zero-order valence-electron chi connectivity index (χ0n) is 16.0. The van der Waals surface area contributed by atoms with Gasteiger partial charge in [-0.25, -0.2) is 0 Å². The predicted octanol–water partition coefficient (Wildman–Crippen LogP) is 4.38. The lowest BCUT2D eigenvalue weighted by Gasteiger charge is -2.39. The summed E-state index contributed by atoms with van der Waals surface area (Å²) in [6.45, 7) is 5.61. The number of ether oxygens (including phenoxy) is 3. The van der Waals surface area contributed by atoms with Crippen LogP contribution in [0, 0.1) is 11.8 Å². The third-order valence-electron chi connectivity index (χ3n) is 5.18. The van der Waals surface area contributed by atoms with E-state index in [0.717, 1.165) is 11.1 Å². The summed E-state index contributed by atoms with van der Waals surface area (Å²) < 4.78 is 17.5. The number of cyclic esters (lactones) is 1. The molecule has 1 fully saturated rings. The van der Waals surface area contributed by atoms with E-state index in [2.05, 4.69) is 6.92 Å². The summed E-state index contributed by atoms with van der Waals surface area (Å²) in [6.07, 6.45) is 0.355. The van der Waals surface area contributed by atoms with Crippen molar-refractivity contribution >= 4 is 5.97 Å². The monoisotopic (exact) mass is 368 g/mol. The van der Waals surface area contributed by atoms with Crippen LogP contribution in [0.1, 0.15) is 31.4 Å². The Morgan fingerprint density at radius 3 is 2.11 bits per heavy atom. The topological polar surface area (TPSA) is 44.8 Å².